The van der Waals surface area contributed by atoms with Gasteiger partial charge in [0.05, 0.1) is 6.61 Å². The summed E-state index contributed by atoms with van der Waals surface area (Å²) >= 11 is 0. The summed E-state index contributed by atoms with van der Waals surface area (Å²) in [7, 11) is 0. The molecule has 0 saturated carbocycles. The number of rotatable bonds is 6. The van der Waals surface area contributed by atoms with E-state index < -0.39 is 0 Å². The molecule has 23 heavy (non-hydrogen) atoms. The molecule has 1 aliphatic heterocycles. The minimum absolute atomic E-state index is 0.0478. The minimum atomic E-state index is -0.0769. The lowest BCUT2D eigenvalue weighted by Gasteiger charge is -2.18. The Balaban J connectivity index is 1.64. The number of para-hydroxylation sites is 3. The van der Waals surface area contributed by atoms with E-state index in [0.717, 1.165) is 12.1 Å². The van der Waals surface area contributed by atoms with Crippen molar-refractivity contribution in [3.8, 4) is 11.5 Å². The number of benzene rings is 2. The van der Waals surface area contributed by atoms with Gasteiger partial charge >= 0.3 is 0 Å². The lowest BCUT2D eigenvalue weighted by molar-refractivity contribution is -0.120. The number of ether oxygens (including phenoxy) is 2. The van der Waals surface area contributed by atoms with Gasteiger partial charge in [0.1, 0.15) is 6.61 Å². The number of fused-ring (bicyclic) bond motifs is 1. The lowest BCUT2D eigenvalue weighted by Crippen LogP contribution is -2.33. The zero-order valence-electron chi connectivity index (χ0n) is 12.8. The molecule has 2 aromatic carbocycles. The fourth-order valence-electron chi connectivity index (χ4n) is 2.66. The van der Waals surface area contributed by atoms with Crippen molar-refractivity contribution in [2.75, 3.05) is 31.3 Å². The number of aliphatic hydroxyl groups excluding tert-OH is 1. The van der Waals surface area contributed by atoms with Gasteiger partial charge in [-0.3, -0.25) is 4.79 Å². The van der Waals surface area contributed by atoms with Crippen LogP contribution in [0.15, 0.2) is 48.5 Å². The van der Waals surface area contributed by atoms with Crippen LogP contribution < -0.4 is 14.4 Å². The van der Waals surface area contributed by atoms with Crippen molar-refractivity contribution in [1.29, 1.82) is 0 Å². The van der Waals surface area contributed by atoms with Crippen LogP contribution in [0, 0.1) is 0 Å². The van der Waals surface area contributed by atoms with Gasteiger partial charge in [-0.05, 0) is 30.2 Å². The number of amides is 1. The summed E-state index contributed by atoms with van der Waals surface area (Å²) in [6.45, 7) is 0.754. The molecule has 1 amide bonds. The molecule has 120 valence electrons. The Bertz CT molecular complexity index is 686. The van der Waals surface area contributed by atoms with Crippen molar-refractivity contribution in [2.45, 2.75) is 6.42 Å². The maximum absolute atomic E-state index is 12.4. The zero-order chi connectivity index (χ0) is 16.1. The van der Waals surface area contributed by atoms with E-state index in [9.17, 15) is 4.79 Å². The Labute approximate surface area is 135 Å². The summed E-state index contributed by atoms with van der Waals surface area (Å²) in [5.41, 5.74) is 2.15. The number of hydrogen-bond donors (Lipinski definition) is 1. The standard InChI is InChI=1S/C18H19NO4/c20-11-12-22-16-7-3-4-8-17(16)23-13-18(21)19-10-9-14-5-1-2-6-15(14)19/h1-8,20H,9-13H2. The summed E-state index contributed by atoms with van der Waals surface area (Å²) in [6, 6.07) is 15.1. The highest BCUT2D eigenvalue weighted by Crippen LogP contribution is 2.29. The first-order chi connectivity index (χ1) is 11.3. The van der Waals surface area contributed by atoms with E-state index in [0.29, 0.717) is 18.0 Å². The van der Waals surface area contributed by atoms with Gasteiger partial charge in [-0.15, -0.1) is 0 Å². The zero-order valence-corrected chi connectivity index (χ0v) is 12.8. The highest BCUT2D eigenvalue weighted by molar-refractivity contribution is 5.96. The maximum Gasteiger partial charge on any atom is 0.264 e. The minimum Gasteiger partial charge on any atom is -0.487 e. The Morgan fingerprint density at radius 2 is 1.74 bits per heavy atom. The van der Waals surface area contributed by atoms with Crippen LogP contribution in [0.1, 0.15) is 5.56 Å². The Morgan fingerprint density at radius 3 is 2.52 bits per heavy atom. The largest absolute Gasteiger partial charge is 0.487 e. The van der Waals surface area contributed by atoms with Crippen LogP contribution in [0.25, 0.3) is 0 Å². The molecule has 5 heteroatoms. The molecule has 0 saturated heterocycles. The van der Waals surface area contributed by atoms with Gasteiger partial charge in [-0.2, -0.15) is 0 Å². The third kappa shape index (κ3) is 3.46. The molecule has 0 bridgehead atoms. The summed E-state index contributed by atoms with van der Waals surface area (Å²) in [5.74, 6) is 0.949. The molecule has 0 unspecified atom stereocenters. The number of carbonyl (C=O) groups is 1. The van der Waals surface area contributed by atoms with Crippen molar-refractivity contribution in [2.24, 2.45) is 0 Å². The quantitative estimate of drug-likeness (QED) is 0.886. The fraction of sp³-hybridized carbons (Fsp3) is 0.278. The maximum atomic E-state index is 12.4. The van der Waals surface area contributed by atoms with E-state index >= 15 is 0 Å². The van der Waals surface area contributed by atoms with Gasteiger partial charge in [-0.1, -0.05) is 30.3 Å². The predicted octanol–water partition coefficient (Wildman–Crippen LogP) is 2.03. The van der Waals surface area contributed by atoms with Crippen LogP contribution in [0.5, 0.6) is 11.5 Å². The number of aliphatic hydroxyl groups is 1. The van der Waals surface area contributed by atoms with Crippen molar-refractivity contribution < 1.29 is 19.4 Å². The van der Waals surface area contributed by atoms with E-state index in [4.69, 9.17) is 14.6 Å². The van der Waals surface area contributed by atoms with Crippen LogP contribution in [-0.2, 0) is 11.2 Å². The molecule has 2 aromatic rings. The molecule has 0 fully saturated rings. The Kier molecular flexibility index (Phi) is 4.78. The highest BCUT2D eigenvalue weighted by atomic mass is 16.5. The lowest BCUT2D eigenvalue weighted by atomic mass is 10.2. The number of anilines is 1. The molecule has 5 nitrogen and oxygen atoms in total. The number of nitrogens with zero attached hydrogens (tertiary/aromatic N) is 1. The van der Waals surface area contributed by atoms with E-state index in [1.165, 1.54) is 5.56 Å². The van der Waals surface area contributed by atoms with Crippen LogP contribution in [0.2, 0.25) is 0 Å². The smallest absolute Gasteiger partial charge is 0.264 e. The molecule has 3 rings (SSSR count). The van der Waals surface area contributed by atoms with E-state index in [1.54, 1.807) is 17.0 Å². The molecule has 1 heterocycles. The normalized spacial score (nSPS) is 12.8. The summed E-state index contributed by atoms with van der Waals surface area (Å²) in [5, 5.41) is 8.85. The van der Waals surface area contributed by atoms with Crippen LogP contribution in [0.4, 0.5) is 5.69 Å². The van der Waals surface area contributed by atoms with Crippen LogP contribution in [0.3, 0.4) is 0 Å². The van der Waals surface area contributed by atoms with E-state index in [1.807, 2.05) is 36.4 Å². The summed E-state index contributed by atoms with van der Waals surface area (Å²) < 4.78 is 11.0. The van der Waals surface area contributed by atoms with Gasteiger partial charge in [0.25, 0.3) is 5.91 Å². The second-order valence-electron chi connectivity index (χ2n) is 5.23. The van der Waals surface area contributed by atoms with Gasteiger partial charge in [0.15, 0.2) is 18.1 Å². The first-order valence-electron chi connectivity index (χ1n) is 7.63. The van der Waals surface area contributed by atoms with Crippen molar-refractivity contribution in [1.82, 2.24) is 0 Å². The van der Waals surface area contributed by atoms with Gasteiger partial charge < -0.3 is 19.5 Å². The Morgan fingerprint density at radius 1 is 1.04 bits per heavy atom. The summed E-state index contributed by atoms with van der Waals surface area (Å²) in [6.07, 6.45) is 0.873. The van der Waals surface area contributed by atoms with E-state index in [2.05, 4.69) is 0 Å². The molecular weight excluding hydrogens is 294 g/mol. The predicted molar refractivity (Wildman–Crippen MR) is 87.0 cm³/mol. The van der Waals surface area contributed by atoms with E-state index in [-0.39, 0.29) is 25.7 Å². The average Bonchev–Trinajstić information content (AvgIpc) is 3.02. The molecule has 0 radical (unpaired) electrons. The molecule has 0 spiro atoms. The summed E-state index contributed by atoms with van der Waals surface area (Å²) in [4.78, 5) is 14.2. The first-order valence-corrected chi connectivity index (χ1v) is 7.63. The van der Waals surface area contributed by atoms with Gasteiger partial charge in [0, 0.05) is 12.2 Å². The van der Waals surface area contributed by atoms with Gasteiger partial charge in [-0.25, -0.2) is 0 Å². The average molecular weight is 313 g/mol. The third-order valence-corrected chi connectivity index (χ3v) is 3.74. The van der Waals surface area contributed by atoms with Crippen LogP contribution >= 0.6 is 0 Å². The second-order valence-corrected chi connectivity index (χ2v) is 5.23. The van der Waals surface area contributed by atoms with Crippen molar-refractivity contribution in [3.05, 3.63) is 54.1 Å². The molecule has 0 aliphatic carbocycles. The van der Waals surface area contributed by atoms with Crippen molar-refractivity contribution in [3.63, 3.8) is 0 Å². The second kappa shape index (κ2) is 7.15. The van der Waals surface area contributed by atoms with Gasteiger partial charge in [0.2, 0.25) is 0 Å². The fourth-order valence-corrected chi connectivity index (χ4v) is 2.66. The first kappa shape index (κ1) is 15.4. The van der Waals surface area contributed by atoms with Crippen LogP contribution in [-0.4, -0.2) is 37.4 Å². The Hall–Kier alpha value is -2.53. The highest BCUT2D eigenvalue weighted by Gasteiger charge is 2.24. The molecule has 0 atom stereocenters. The molecule has 0 aromatic heterocycles. The monoisotopic (exact) mass is 313 g/mol. The third-order valence-electron chi connectivity index (χ3n) is 3.74. The topological polar surface area (TPSA) is 59.0 Å². The molecule has 1 aliphatic rings. The molecule has 1 N–H and O–H groups in total. The SMILES string of the molecule is O=C(COc1ccccc1OCCO)N1CCc2ccccc21. The number of hydrogen-bond acceptors (Lipinski definition) is 4. The van der Waals surface area contributed by atoms with Crippen molar-refractivity contribution >= 4 is 11.6 Å². The number of carbonyl (C=O) groups excluding carboxylic acids is 1. The molecular formula is C18H19NO4.